The van der Waals surface area contributed by atoms with Gasteiger partial charge >= 0.3 is 6.18 Å². The number of nitrogens with zero attached hydrogens (tertiary/aromatic N) is 1. The Morgan fingerprint density at radius 2 is 1.81 bits per heavy atom. The van der Waals surface area contributed by atoms with Gasteiger partial charge < -0.3 is 15.0 Å². The number of carbonyl (C=O) groups excluding carboxylic acids is 1. The molecule has 2 N–H and O–H groups in total. The second-order valence-electron chi connectivity index (χ2n) is 7.20. The van der Waals surface area contributed by atoms with E-state index in [9.17, 15) is 18.0 Å². The number of halogens is 3. The van der Waals surface area contributed by atoms with Gasteiger partial charge in [-0.2, -0.15) is 13.2 Å². The highest BCUT2D eigenvalue weighted by Crippen LogP contribution is 2.36. The van der Waals surface area contributed by atoms with E-state index in [4.69, 9.17) is 17.0 Å². The van der Waals surface area contributed by atoms with E-state index in [0.29, 0.717) is 23.6 Å². The van der Waals surface area contributed by atoms with Crippen molar-refractivity contribution in [2.75, 3.05) is 29.9 Å². The molecule has 0 bridgehead atoms. The van der Waals surface area contributed by atoms with Crippen molar-refractivity contribution in [3.8, 4) is 5.75 Å². The van der Waals surface area contributed by atoms with Gasteiger partial charge in [0, 0.05) is 18.7 Å². The van der Waals surface area contributed by atoms with Crippen molar-refractivity contribution in [1.82, 2.24) is 5.32 Å². The van der Waals surface area contributed by atoms with E-state index in [2.05, 4.69) is 10.6 Å². The fraction of sp³-hybridized carbons (Fsp3) is 0.364. The van der Waals surface area contributed by atoms with Crippen LogP contribution in [0.15, 0.2) is 42.5 Å². The van der Waals surface area contributed by atoms with Gasteiger partial charge in [0.1, 0.15) is 5.75 Å². The number of benzene rings is 2. The van der Waals surface area contributed by atoms with Crippen LogP contribution in [0.2, 0.25) is 0 Å². The molecule has 2 aromatic rings. The number of anilines is 2. The van der Waals surface area contributed by atoms with Gasteiger partial charge in [0.05, 0.1) is 23.5 Å². The second-order valence-corrected chi connectivity index (χ2v) is 7.61. The Labute approximate surface area is 184 Å². The van der Waals surface area contributed by atoms with Crippen molar-refractivity contribution in [3.05, 3.63) is 53.6 Å². The lowest BCUT2D eigenvalue weighted by atomic mass is 10.1. The summed E-state index contributed by atoms with van der Waals surface area (Å²) in [7, 11) is 0. The van der Waals surface area contributed by atoms with E-state index in [1.807, 2.05) is 11.8 Å². The normalized spacial score (nSPS) is 13.7. The Hall–Kier alpha value is -2.81. The van der Waals surface area contributed by atoms with Gasteiger partial charge in [-0.1, -0.05) is 6.92 Å². The molecule has 3 rings (SSSR count). The monoisotopic (exact) mass is 451 g/mol. The molecule has 0 spiro atoms. The molecule has 1 fully saturated rings. The minimum atomic E-state index is -4.48. The maximum atomic E-state index is 13.2. The molecule has 0 atom stereocenters. The zero-order chi connectivity index (χ0) is 22.4. The van der Waals surface area contributed by atoms with Crippen molar-refractivity contribution in [2.45, 2.75) is 32.4 Å². The Morgan fingerprint density at radius 3 is 2.42 bits per heavy atom. The summed E-state index contributed by atoms with van der Waals surface area (Å²) in [5.74, 6) is 0.188. The Balaban J connectivity index is 1.71. The van der Waals surface area contributed by atoms with Gasteiger partial charge in [-0.3, -0.25) is 10.1 Å². The number of amides is 1. The molecule has 0 saturated carbocycles. The Kier molecular flexibility index (Phi) is 7.37. The van der Waals surface area contributed by atoms with Crippen LogP contribution in [0.5, 0.6) is 5.75 Å². The molecule has 1 aliphatic heterocycles. The fourth-order valence-electron chi connectivity index (χ4n) is 3.30. The van der Waals surface area contributed by atoms with Crippen LogP contribution in [-0.2, 0) is 6.18 Å². The third-order valence-corrected chi connectivity index (χ3v) is 5.04. The van der Waals surface area contributed by atoms with Crippen LogP contribution in [0.25, 0.3) is 0 Å². The zero-order valence-corrected chi connectivity index (χ0v) is 17.9. The first-order chi connectivity index (χ1) is 14.8. The third-order valence-electron chi connectivity index (χ3n) is 4.84. The number of alkyl halides is 3. The lowest BCUT2D eigenvalue weighted by Crippen LogP contribution is -2.34. The summed E-state index contributed by atoms with van der Waals surface area (Å²) in [6.45, 7) is 4.09. The van der Waals surface area contributed by atoms with Crippen LogP contribution in [0.3, 0.4) is 0 Å². The number of hydrogen-bond donors (Lipinski definition) is 2. The maximum Gasteiger partial charge on any atom is 0.416 e. The maximum absolute atomic E-state index is 13.2. The molecule has 9 heteroatoms. The molecule has 0 radical (unpaired) electrons. The number of thiocarbonyl (C=S) groups is 1. The van der Waals surface area contributed by atoms with E-state index in [-0.39, 0.29) is 10.8 Å². The number of carbonyl (C=O) groups is 1. The molecule has 1 amide bonds. The van der Waals surface area contributed by atoms with Crippen LogP contribution >= 0.6 is 12.2 Å². The highest BCUT2D eigenvalue weighted by molar-refractivity contribution is 7.80. The summed E-state index contributed by atoms with van der Waals surface area (Å²) in [5, 5.41) is 5.22. The molecule has 1 saturated heterocycles. The average molecular weight is 452 g/mol. The fourth-order valence-corrected chi connectivity index (χ4v) is 3.50. The molecule has 31 heavy (non-hydrogen) atoms. The van der Waals surface area contributed by atoms with Crippen LogP contribution in [0, 0.1) is 0 Å². The standard InChI is InChI=1S/C22H24F3N3O2S/c1-2-13-30-17-8-5-15(6-9-17)20(29)27-21(31)26-18-14-16(22(23,24)25)7-10-19(18)28-11-3-4-12-28/h5-10,14H,2-4,11-13H2,1H3,(H2,26,27,29,31). The Bertz CT molecular complexity index is 927. The second kappa shape index (κ2) is 10.00. The molecular weight excluding hydrogens is 427 g/mol. The van der Waals surface area contributed by atoms with Crippen molar-refractivity contribution >= 4 is 34.6 Å². The summed E-state index contributed by atoms with van der Waals surface area (Å²) >= 11 is 5.20. The zero-order valence-electron chi connectivity index (χ0n) is 17.1. The molecule has 0 aromatic heterocycles. The summed E-state index contributed by atoms with van der Waals surface area (Å²) < 4.78 is 45.1. The number of rotatable bonds is 6. The highest BCUT2D eigenvalue weighted by atomic mass is 32.1. The summed E-state index contributed by atoms with van der Waals surface area (Å²) in [6, 6.07) is 10.1. The number of nitrogens with one attached hydrogen (secondary N) is 2. The minimum absolute atomic E-state index is 0.0731. The van der Waals surface area contributed by atoms with Crippen molar-refractivity contribution in [1.29, 1.82) is 0 Å². The van der Waals surface area contributed by atoms with Crippen LogP contribution in [0.4, 0.5) is 24.5 Å². The van der Waals surface area contributed by atoms with Gasteiger partial charge in [-0.15, -0.1) is 0 Å². The summed E-state index contributed by atoms with van der Waals surface area (Å²) in [6.07, 6.45) is -1.66. The van der Waals surface area contributed by atoms with Crippen molar-refractivity contribution < 1.29 is 22.7 Å². The lowest BCUT2D eigenvalue weighted by Gasteiger charge is -2.23. The van der Waals surface area contributed by atoms with Crippen LogP contribution in [0.1, 0.15) is 42.1 Å². The molecule has 1 heterocycles. The lowest BCUT2D eigenvalue weighted by molar-refractivity contribution is -0.137. The molecule has 2 aromatic carbocycles. The molecule has 166 valence electrons. The molecule has 0 aliphatic carbocycles. The topological polar surface area (TPSA) is 53.6 Å². The molecule has 1 aliphatic rings. The van der Waals surface area contributed by atoms with E-state index in [1.54, 1.807) is 24.3 Å². The van der Waals surface area contributed by atoms with Gasteiger partial charge in [0.25, 0.3) is 5.91 Å². The van der Waals surface area contributed by atoms with Crippen LogP contribution in [-0.4, -0.2) is 30.7 Å². The largest absolute Gasteiger partial charge is 0.494 e. The Morgan fingerprint density at radius 1 is 1.13 bits per heavy atom. The first-order valence-corrected chi connectivity index (χ1v) is 10.5. The number of hydrogen-bond acceptors (Lipinski definition) is 4. The SMILES string of the molecule is CCCOc1ccc(C(=O)NC(=S)Nc2cc(C(F)(F)F)ccc2N2CCCC2)cc1. The van der Waals surface area contributed by atoms with Gasteiger partial charge in [0.15, 0.2) is 5.11 Å². The van der Waals surface area contributed by atoms with Gasteiger partial charge in [-0.05, 0) is 73.9 Å². The van der Waals surface area contributed by atoms with E-state index < -0.39 is 17.6 Å². The molecule has 5 nitrogen and oxygen atoms in total. The predicted octanol–water partition coefficient (Wildman–Crippen LogP) is 5.22. The third kappa shape index (κ3) is 6.10. The van der Waals surface area contributed by atoms with Crippen molar-refractivity contribution in [3.63, 3.8) is 0 Å². The van der Waals surface area contributed by atoms with E-state index in [1.165, 1.54) is 6.07 Å². The first-order valence-electron chi connectivity index (χ1n) is 10.1. The van der Waals surface area contributed by atoms with E-state index >= 15 is 0 Å². The van der Waals surface area contributed by atoms with Gasteiger partial charge in [-0.25, -0.2) is 0 Å². The quantitative estimate of drug-likeness (QED) is 0.590. The first kappa shape index (κ1) is 22.9. The average Bonchev–Trinajstić information content (AvgIpc) is 3.26. The smallest absolute Gasteiger partial charge is 0.416 e. The molecular formula is C22H24F3N3O2S. The van der Waals surface area contributed by atoms with Gasteiger partial charge in [0.2, 0.25) is 0 Å². The van der Waals surface area contributed by atoms with E-state index in [0.717, 1.165) is 44.5 Å². The highest BCUT2D eigenvalue weighted by Gasteiger charge is 2.32. The van der Waals surface area contributed by atoms with Crippen LogP contribution < -0.4 is 20.3 Å². The predicted molar refractivity (Wildman–Crippen MR) is 119 cm³/mol. The minimum Gasteiger partial charge on any atom is -0.494 e. The molecule has 0 unspecified atom stereocenters. The summed E-state index contributed by atoms with van der Waals surface area (Å²) in [4.78, 5) is 14.5. The van der Waals surface area contributed by atoms with Crippen molar-refractivity contribution in [2.24, 2.45) is 0 Å². The number of ether oxygens (including phenoxy) is 1. The summed E-state index contributed by atoms with van der Waals surface area (Å²) in [5.41, 5.74) is 0.413.